The number of aromatic hydroxyl groups is 3. The molecule has 1 aliphatic rings. The number of phenolic OH excluding ortho intramolecular Hbond substituents is 3. The van der Waals surface area contributed by atoms with Crippen LogP contribution in [-0.2, 0) is 38.5 Å². The highest BCUT2D eigenvalue weighted by atomic mass is 16.5. The van der Waals surface area contributed by atoms with Crippen molar-refractivity contribution < 1.29 is 29.5 Å². The Morgan fingerprint density at radius 1 is 0.487 bits per heavy atom. The summed E-state index contributed by atoms with van der Waals surface area (Å²) in [6.45, 7) is 6.40. The van der Waals surface area contributed by atoms with Crippen molar-refractivity contribution in [2.45, 2.75) is 78.6 Å². The molecular weight excluding hydrogens is 492 g/mol. The van der Waals surface area contributed by atoms with Gasteiger partial charge >= 0.3 is 0 Å². The molecular formula is C33H42O6. The Hall–Kier alpha value is -3.54. The van der Waals surface area contributed by atoms with Gasteiger partial charge in [-0.15, -0.1) is 0 Å². The molecule has 39 heavy (non-hydrogen) atoms. The van der Waals surface area contributed by atoms with Crippen molar-refractivity contribution in [1.82, 2.24) is 0 Å². The maximum absolute atomic E-state index is 11.5. The highest BCUT2D eigenvalue weighted by molar-refractivity contribution is 5.65. The Morgan fingerprint density at radius 3 is 0.949 bits per heavy atom. The van der Waals surface area contributed by atoms with E-state index in [0.29, 0.717) is 36.5 Å². The molecule has 3 aromatic carbocycles. The smallest absolute Gasteiger partial charge is 0.161 e. The molecule has 1 aliphatic carbocycles. The minimum atomic E-state index is 0.107. The number of methoxy groups -OCH3 is 3. The van der Waals surface area contributed by atoms with Crippen LogP contribution in [0.1, 0.15) is 90.1 Å². The van der Waals surface area contributed by atoms with E-state index in [4.69, 9.17) is 14.2 Å². The molecule has 0 saturated carbocycles. The first-order valence-corrected chi connectivity index (χ1v) is 14.0. The lowest BCUT2D eigenvalue weighted by atomic mass is 9.86. The van der Waals surface area contributed by atoms with E-state index < -0.39 is 0 Å². The van der Waals surface area contributed by atoms with Crippen molar-refractivity contribution in [3.8, 4) is 34.5 Å². The van der Waals surface area contributed by atoms with E-state index in [0.717, 1.165) is 88.6 Å². The van der Waals surface area contributed by atoms with Gasteiger partial charge in [-0.2, -0.15) is 0 Å². The zero-order valence-corrected chi connectivity index (χ0v) is 24.2. The Balaban J connectivity index is 2.19. The lowest BCUT2D eigenvalue weighted by Crippen LogP contribution is -2.07. The second-order valence-electron chi connectivity index (χ2n) is 10.4. The summed E-state index contributed by atoms with van der Waals surface area (Å²) >= 11 is 0. The summed E-state index contributed by atoms with van der Waals surface area (Å²) in [5, 5.41) is 34.5. The maximum atomic E-state index is 11.5. The Labute approximate surface area is 232 Å². The molecule has 3 N–H and O–H groups in total. The van der Waals surface area contributed by atoms with E-state index in [1.165, 1.54) is 0 Å². The molecule has 6 nitrogen and oxygen atoms in total. The molecule has 210 valence electrons. The van der Waals surface area contributed by atoms with E-state index >= 15 is 0 Å². The van der Waals surface area contributed by atoms with Crippen LogP contribution < -0.4 is 14.2 Å². The number of phenols is 3. The minimum absolute atomic E-state index is 0.107. The van der Waals surface area contributed by atoms with Crippen molar-refractivity contribution >= 4 is 0 Å². The molecule has 3 aromatic rings. The largest absolute Gasteiger partial charge is 0.504 e. The standard InChI is InChI=1S/C33H42O6/c1-7-10-19-13-28(37-4)31(34)25-17-23-20(11-8-2)14-30(39-6)33(36)27(23)18-24-21(12-9-3)15-29(38-5)32(35)26(24)16-22(19)25/h13-15,34-36H,7-12,16-18H2,1-6H3. The van der Waals surface area contributed by atoms with E-state index in [2.05, 4.69) is 20.8 Å². The van der Waals surface area contributed by atoms with Gasteiger partial charge in [-0.25, -0.2) is 0 Å². The van der Waals surface area contributed by atoms with Crippen LogP contribution in [0.25, 0.3) is 0 Å². The average molecular weight is 535 g/mol. The van der Waals surface area contributed by atoms with Crippen LogP contribution in [0.4, 0.5) is 0 Å². The maximum Gasteiger partial charge on any atom is 0.161 e. The number of ether oxygens (including phenoxy) is 3. The molecule has 0 radical (unpaired) electrons. The van der Waals surface area contributed by atoms with Gasteiger partial charge < -0.3 is 29.5 Å². The topological polar surface area (TPSA) is 88.4 Å². The minimum Gasteiger partial charge on any atom is -0.504 e. The van der Waals surface area contributed by atoms with Crippen LogP contribution in [0.2, 0.25) is 0 Å². The van der Waals surface area contributed by atoms with Crippen LogP contribution in [0.15, 0.2) is 18.2 Å². The van der Waals surface area contributed by atoms with Crippen LogP contribution in [0.3, 0.4) is 0 Å². The molecule has 4 rings (SSSR count). The average Bonchev–Trinajstić information content (AvgIpc) is 3.00. The second-order valence-corrected chi connectivity index (χ2v) is 10.4. The number of benzene rings is 3. The van der Waals surface area contributed by atoms with Crippen LogP contribution in [0, 0.1) is 0 Å². The van der Waals surface area contributed by atoms with Crippen LogP contribution >= 0.6 is 0 Å². The van der Waals surface area contributed by atoms with Crippen molar-refractivity contribution in [2.75, 3.05) is 21.3 Å². The summed E-state index contributed by atoms with van der Waals surface area (Å²) < 4.78 is 16.9. The fourth-order valence-corrected chi connectivity index (χ4v) is 6.10. The first kappa shape index (κ1) is 28.5. The molecule has 0 atom stereocenters. The number of rotatable bonds is 9. The SMILES string of the molecule is CCCc1cc(OC)c(O)c2c1Cc1c(O)c(OC)cc(CCC)c1Cc1c(O)c(OC)cc(CCC)c1C2. The van der Waals surface area contributed by atoms with E-state index in [-0.39, 0.29) is 17.2 Å². The van der Waals surface area contributed by atoms with Gasteiger partial charge in [-0.3, -0.25) is 0 Å². The predicted molar refractivity (Wildman–Crippen MR) is 154 cm³/mol. The van der Waals surface area contributed by atoms with Gasteiger partial charge in [0, 0.05) is 36.0 Å². The van der Waals surface area contributed by atoms with Crippen LogP contribution in [0.5, 0.6) is 34.5 Å². The zero-order chi connectivity index (χ0) is 28.3. The number of hydrogen-bond donors (Lipinski definition) is 3. The molecule has 0 heterocycles. The summed E-state index contributed by atoms with van der Waals surface area (Å²) in [5.74, 6) is 1.64. The molecule has 0 unspecified atom stereocenters. The summed E-state index contributed by atoms with van der Waals surface area (Å²) in [6.07, 6.45) is 6.51. The Bertz CT molecular complexity index is 1190. The van der Waals surface area contributed by atoms with Crippen molar-refractivity contribution in [2.24, 2.45) is 0 Å². The van der Waals surface area contributed by atoms with Gasteiger partial charge in [-0.1, -0.05) is 40.0 Å². The van der Waals surface area contributed by atoms with Gasteiger partial charge in [0.05, 0.1) is 21.3 Å². The van der Waals surface area contributed by atoms with Gasteiger partial charge in [0.25, 0.3) is 0 Å². The van der Waals surface area contributed by atoms with Crippen molar-refractivity contribution in [3.63, 3.8) is 0 Å². The fraction of sp³-hybridized carbons (Fsp3) is 0.455. The molecule has 0 saturated heterocycles. The lowest BCUT2D eigenvalue weighted by Gasteiger charge is -2.21. The highest BCUT2D eigenvalue weighted by Crippen LogP contribution is 2.47. The van der Waals surface area contributed by atoms with Gasteiger partial charge in [-0.05, 0) is 70.8 Å². The van der Waals surface area contributed by atoms with Gasteiger partial charge in [0.1, 0.15) is 0 Å². The predicted octanol–water partition coefficient (Wildman–Crippen LogP) is 6.77. The lowest BCUT2D eigenvalue weighted by molar-refractivity contribution is 0.368. The summed E-state index contributed by atoms with van der Waals surface area (Å²) in [7, 11) is 4.72. The normalized spacial score (nSPS) is 12.5. The summed E-state index contributed by atoms with van der Waals surface area (Å²) in [4.78, 5) is 0. The number of fused-ring (bicyclic) bond motifs is 3. The van der Waals surface area contributed by atoms with Crippen molar-refractivity contribution in [3.05, 3.63) is 68.3 Å². The van der Waals surface area contributed by atoms with Crippen molar-refractivity contribution in [1.29, 1.82) is 0 Å². The third-order valence-corrected chi connectivity index (χ3v) is 8.01. The van der Waals surface area contributed by atoms with E-state index in [1.54, 1.807) is 21.3 Å². The second kappa shape index (κ2) is 12.1. The molecule has 0 aliphatic heterocycles. The van der Waals surface area contributed by atoms with Gasteiger partial charge in [0.2, 0.25) is 0 Å². The molecule has 0 aromatic heterocycles. The van der Waals surface area contributed by atoms with E-state index in [9.17, 15) is 15.3 Å². The van der Waals surface area contributed by atoms with Crippen LogP contribution in [-0.4, -0.2) is 36.6 Å². The molecule has 0 spiro atoms. The molecule has 0 amide bonds. The Morgan fingerprint density at radius 2 is 0.744 bits per heavy atom. The summed E-state index contributed by atoms with van der Waals surface area (Å²) in [6, 6.07) is 5.79. The number of aryl methyl sites for hydroxylation is 3. The first-order valence-electron chi connectivity index (χ1n) is 14.0. The fourth-order valence-electron chi connectivity index (χ4n) is 6.10. The first-order chi connectivity index (χ1) is 18.8. The molecule has 0 fully saturated rings. The molecule has 0 bridgehead atoms. The third kappa shape index (κ3) is 5.21. The quantitative estimate of drug-likeness (QED) is 0.220. The number of hydrogen-bond acceptors (Lipinski definition) is 6. The zero-order valence-electron chi connectivity index (χ0n) is 24.2. The monoisotopic (exact) mass is 534 g/mol. The molecule has 6 heteroatoms. The summed E-state index contributed by atoms with van der Waals surface area (Å²) in [5.41, 5.74) is 8.56. The third-order valence-electron chi connectivity index (χ3n) is 8.01. The van der Waals surface area contributed by atoms with Gasteiger partial charge in [0.15, 0.2) is 34.5 Å². The Kier molecular flexibility index (Phi) is 8.83. The van der Waals surface area contributed by atoms with E-state index in [1.807, 2.05) is 18.2 Å². The highest BCUT2D eigenvalue weighted by Gasteiger charge is 2.29.